The summed E-state index contributed by atoms with van der Waals surface area (Å²) in [7, 11) is 1.60. The number of hydrogen-bond donors (Lipinski definition) is 5. The lowest BCUT2D eigenvalue weighted by Crippen LogP contribution is -2.30. The van der Waals surface area contributed by atoms with Crippen LogP contribution in [-0.4, -0.2) is 64.6 Å². The number of nitrogens with zero attached hydrogens (tertiary/aromatic N) is 1. The molecule has 1 atom stereocenters. The molecule has 0 spiro atoms. The molecule has 4 aromatic rings. The zero-order valence-corrected chi connectivity index (χ0v) is 23.4. The van der Waals surface area contributed by atoms with E-state index in [1.54, 1.807) is 13.1 Å². The van der Waals surface area contributed by atoms with E-state index < -0.39 is 5.91 Å². The van der Waals surface area contributed by atoms with E-state index in [9.17, 15) is 9.59 Å². The number of aliphatic hydroxyl groups is 1. The molecule has 8 nitrogen and oxygen atoms in total. The Bertz CT molecular complexity index is 1550. The van der Waals surface area contributed by atoms with Gasteiger partial charge in [-0.1, -0.05) is 50.8 Å². The number of primary amides is 1. The van der Waals surface area contributed by atoms with E-state index in [-0.39, 0.29) is 12.0 Å². The van der Waals surface area contributed by atoms with E-state index in [0.717, 1.165) is 52.6 Å². The van der Waals surface area contributed by atoms with Crippen LogP contribution in [0.25, 0.3) is 34.7 Å². The van der Waals surface area contributed by atoms with E-state index in [4.69, 9.17) is 10.8 Å². The Morgan fingerprint density at radius 3 is 2.33 bits per heavy atom. The first-order chi connectivity index (χ1) is 18.6. The molecule has 206 valence electrons. The van der Waals surface area contributed by atoms with Crippen LogP contribution in [0.15, 0.2) is 48.5 Å². The lowest BCUT2D eigenvalue weighted by atomic mass is 9.99. The number of fused-ring (bicyclic) bond motifs is 1. The molecule has 39 heavy (non-hydrogen) atoms. The molecule has 4 rings (SSSR count). The quantitative estimate of drug-likeness (QED) is 0.241. The number of amides is 2. The van der Waals surface area contributed by atoms with Gasteiger partial charge in [-0.15, -0.1) is 0 Å². The van der Waals surface area contributed by atoms with Crippen LogP contribution in [0.5, 0.6) is 0 Å². The van der Waals surface area contributed by atoms with Gasteiger partial charge in [0.25, 0.3) is 11.8 Å². The van der Waals surface area contributed by atoms with Crippen molar-refractivity contribution in [2.75, 3.05) is 26.7 Å². The van der Waals surface area contributed by atoms with Crippen LogP contribution >= 0.6 is 0 Å². The second-order valence-electron chi connectivity index (χ2n) is 9.48. The van der Waals surface area contributed by atoms with Gasteiger partial charge in [-0.25, -0.2) is 0 Å². The molecule has 8 heteroatoms. The number of aromatic amines is 2. The van der Waals surface area contributed by atoms with Gasteiger partial charge in [0.05, 0.1) is 11.7 Å². The van der Waals surface area contributed by atoms with Crippen LogP contribution in [0.4, 0.5) is 0 Å². The molecule has 2 aromatic heterocycles. The van der Waals surface area contributed by atoms with Crippen molar-refractivity contribution in [3.05, 3.63) is 81.6 Å². The van der Waals surface area contributed by atoms with Crippen molar-refractivity contribution in [3.63, 3.8) is 0 Å². The molecule has 2 heterocycles. The van der Waals surface area contributed by atoms with Gasteiger partial charge >= 0.3 is 0 Å². The van der Waals surface area contributed by atoms with Gasteiger partial charge in [-0.2, -0.15) is 0 Å². The molecule has 0 aliphatic heterocycles. The topological polar surface area (TPSA) is 127 Å². The second-order valence-corrected chi connectivity index (χ2v) is 9.48. The molecule has 2 amide bonds. The van der Waals surface area contributed by atoms with Crippen molar-refractivity contribution < 1.29 is 14.7 Å². The fraction of sp³-hybridized carbons (Fsp3) is 0.290. The van der Waals surface area contributed by atoms with Crippen LogP contribution in [0.2, 0.25) is 0 Å². The zero-order chi connectivity index (χ0) is 28.7. The second kappa shape index (κ2) is 13.1. The largest absolute Gasteiger partial charge is 0.392 e. The number of aromatic nitrogens is 2. The summed E-state index contributed by atoms with van der Waals surface area (Å²) in [5, 5.41) is 14.0. The highest BCUT2D eigenvalue weighted by molar-refractivity contribution is 6.03. The van der Waals surface area contributed by atoms with Crippen molar-refractivity contribution in [2.24, 2.45) is 5.73 Å². The van der Waals surface area contributed by atoms with Crippen LogP contribution in [0.3, 0.4) is 0 Å². The van der Waals surface area contributed by atoms with Gasteiger partial charge in [0.1, 0.15) is 0 Å². The Kier molecular flexibility index (Phi) is 9.87. The lowest BCUT2D eigenvalue weighted by Gasteiger charge is -2.18. The predicted molar refractivity (Wildman–Crippen MR) is 159 cm³/mol. The summed E-state index contributed by atoms with van der Waals surface area (Å²) in [6, 6.07) is 15.1. The first kappa shape index (κ1) is 29.4. The molecule has 0 bridgehead atoms. The number of rotatable bonds is 8. The van der Waals surface area contributed by atoms with Gasteiger partial charge in [0.2, 0.25) is 0 Å². The number of nitrogens with one attached hydrogen (secondary N) is 3. The number of carbonyl (C=O) groups excluding carboxylic acids is 2. The molecule has 0 saturated heterocycles. The SMILES string of the molecule is C=c1[nH]c2ccc(C(=O)NC)cc2/c1=C/c1[nH]c(C)c(C(N)=O)c1-c1ccccc1.CCN(CC)CC(C)O. The first-order valence-corrected chi connectivity index (χ1v) is 13.1. The average molecular weight is 530 g/mol. The van der Waals surface area contributed by atoms with E-state index in [2.05, 4.69) is 40.6 Å². The van der Waals surface area contributed by atoms with Gasteiger partial charge < -0.3 is 31.0 Å². The van der Waals surface area contributed by atoms with Crippen molar-refractivity contribution in [3.8, 4) is 11.1 Å². The number of carbonyl (C=O) groups is 2. The fourth-order valence-corrected chi connectivity index (χ4v) is 4.69. The Hall–Kier alpha value is -4.14. The number of likely N-dealkylation sites (N-methyl/N-ethyl adjacent to an activating group) is 1. The summed E-state index contributed by atoms with van der Waals surface area (Å²) in [6.07, 6.45) is 1.75. The smallest absolute Gasteiger partial charge is 0.251 e. The molecule has 0 radical (unpaired) electrons. The zero-order valence-electron chi connectivity index (χ0n) is 23.4. The van der Waals surface area contributed by atoms with Gasteiger partial charge in [-0.05, 0) is 56.8 Å². The lowest BCUT2D eigenvalue weighted by molar-refractivity contribution is 0.0961. The molecule has 0 fully saturated rings. The molecule has 6 N–H and O–H groups in total. The van der Waals surface area contributed by atoms with Crippen LogP contribution in [0, 0.1) is 6.92 Å². The Labute approximate surface area is 229 Å². The minimum Gasteiger partial charge on any atom is -0.392 e. The minimum atomic E-state index is -0.488. The van der Waals surface area contributed by atoms with Gasteiger partial charge in [0, 0.05) is 57.6 Å². The third-order valence-corrected chi connectivity index (χ3v) is 6.64. The highest BCUT2D eigenvalue weighted by atomic mass is 16.3. The summed E-state index contributed by atoms with van der Waals surface area (Å²) >= 11 is 0. The van der Waals surface area contributed by atoms with Gasteiger partial charge in [-0.3, -0.25) is 9.59 Å². The normalized spacial score (nSPS) is 12.3. The fourth-order valence-electron chi connectivity index (χ4n) is 4.69. The molecule has 2 aromatic carbocycles. The van der Waals surface area contributed by atoms with Gasteiger partial charge in [0.15, 0.2) is 0 Å². The molecule has 0 aliphatic carbocycles. The van der Waals surface area contributed by atoms with E-state index in [0.29, 0.717) is 22.2 Å². The maximum Gasteiger partial charge on any atom is 0.251 e. The summed E-state index contributed by atoms with van der Waals surface area (Å²) in [5.41, 5.74) is 10.7. The van der Waals surface area contributed by atoms with Crippen LogP contribution in [0.1, 0.15) is 52.9 Å². The monoisotopic (exact) mass is 529 g/mol. The van der Waals surface area contributed by atoms with Crippen LogP contribution in [-0.2, 0) is 0 Å². The first-order valence-electron chi connectivity index (χ1n) is 13.1. The number of hydrogen-bond acceptors (Lipinski definition) is 4. The van der Waals surface area contributed by atoms with Crippen molar-refractivity contribution in [1.82, 2.24) is 20.2 Å². The summed E-state index contributed by atoms with van der Waals surface area (Å²) in [4.78, 5) is 33.0. The molecule has 1 unspecified atom stereocenters. The summed E-state index contributed by atoms with van der Waals surface area (Å²) in [6.45, 7) is 14.8. The third kappa shape index (κ3) is 6.85. The maximum atomic E-state index is 12.2. The predicted octanol–water partition coefficient (Wildman–Crippen LogP) is 2.88. The van der Waals surface area contributed by atoms with Crippen molar-refractivity contribution in [1.29, 1.82) is 0 Å². The van der Waals surface area contributed by atoms with E-state index >= 15 is 0 Å². The van der Waals surface area contributed by atoms with E-state index in [1.165, 1.54) is 0 Å². The standard InChI is InChI=1S/C24H22N4O2.C7H17NO/c1-13-17(18-11-16(24(30)26-3)9-10-19(18)27-13)12-20-22(15-7-5-4-6-8-15)21(23(25)29)14(2)28-20;1-4-8(5-2)6-7(3)9/h4-12,27-28H,1H2,2-3H3,(H2,25,29)(H,26,30);7,9H,4-6H2,1-3H3/b17-12+;. The minimum absolute atomic E-state index is 0.161. The molecular weight excluding hydrogens is 490 g/mol. The Morgan fingerprint density at radius 1 is 1.13 bits per heavy atom. The number of benzene rings is 2. The number of aliphatic hydroxyl groups excluding tert-OH is 1. The molecule has 0 aliphatic rings. The summed E-state index contributed by atoms with van der Waals surface area (Å²) in [5.74, 6) is -0.649. The molecular formula is C31H39N5O3. The highest BCUT2D eigenvalue weighted by Gasteiger charge is 2.19. The van der Waals surface area contributed by atoms with Crippen LogP contribution < -0.4 is 21.6 Å². The third-order valence-electron chi connectivity index (χ3n) is 6.64. The van der Waals surface area contributed by atoms with Crippen molar-refractivity contribution >= 4 is 35.4 Å². The summed E-state index contributed by atoms with van der Waals surface area (Å²) < 4.78 is 0. The van der Waals surface area contributed by atoms with Crippen molar-refractivity contribution in [2.45, 2.75) is 33.8 Å². The molecule has 0 saturated carbocycles. The number of H-pyrrole nitrogens is 2. The number of aryl methyl sites for hydroxylation is 1. The average Bonchev–Trinajstić information content (AvgIpc) is 3.42. The Balaban J connectivity index is 0.000000403. The Morgan fingerprint density at radius 2 is 1.79 bits per heavy atom. The number of nitrogens with two attached hydrogens (primary N) is 1. The highest BCUT2D eigenvalue weighted by Crippen LogP contribution is 2.30. The van der Waals surface area contributed by atoms with E-state index in [1.807, 2.05) is 62.4 Å². The maximum absolute atomic E-state index is 12.2.